The number of benzene rings is 1. The van der Waals surface area contributed by atoms with Crippen LogP contribution in [0.4, 0.5) is 13.2 Å². The van der Waals surface area contributed by atoms with Crippen LogP contribution in [0.2, 0.25) is 0 Å². The summed E-state index contributed by atoms with van der Waals surface area (Å²) in [6.07, 6.45) is -4.78. The van der Waals surface area contributed by atoms with E-state index in [1.807, 2.05) is 19.1 Å². The van der Waals surface area contributed by atoms with Gasteiger partial charge in [-0.1, -0.05) is 6.07 Å². The van der Waals surface area contributed by atoms with Crippen LogP contribution in [-0.2, 0) is 0 Å². The number of hydrogen-bond acceptors (Lipinski definition) is 3. The molecule has 0 aliphatic rings. The first-order valence-corrected chi connectivity index (χ1v) is 6.39. The average Bonchev–Trinajstić information content (AvgIpc) is 2.41. The van der Waals surface area contributed by atoms with E-state index < -0.39 is 12.6 Å². The van der Waals surface area contributed by atoms with Crippen molar-refractivity contribution in [1.82, 2.24) is 5.32 Å². The Kier molecular flexibility index (Phi) is 6.13. The molecule has 0 aliphatic carbocycles. The van der Waals surface area contributed by atoms with Gasteiger partial charge in [0.15, 0.2) is 11.5 Å². The summed E-state index contributed by atoms with van der Waals surface area (Å²) in [7, 11) is 3.10. The third-order valence-electron chi connectivity index (χ3n) is 3.00. The van der Waals surface area contributed by atoms with Crippen molar-refractivity contribution in [1.29, 1.82) is 0 Å². The van der Waals surface area contributed by atoms with Gasteiger partial charge in [-0.3, -0.25) is 0 Å². The van der Waals surface area contributed by atoms with Crippen molar-refractivity contribution >= 4 is 0 Å². The Hall–Kier alpha value is -1.43. The molecular formula is C14H20F3NO2. The molecule has 0 fully saturated rings. The van der Waals surface area contributed by atoms with Crippen molar-refractivity contribution in [3.8, 4) is 11.5 Å². The first-order valence-electron chi connectivity index (χ1n) is 6.39. The minimum Gasteiger partial charge on any atom is -0.493 e. The Labute approximate surface area is 117 Å². The number of nitrogens with one attached hydrogen (secondary N) is 1. The van der Waals surface area contributed by atoms with Gasteiger partial charge in [0.25, 0.3) is 0 Å². The molecule has 0 aromatic heterocycles. The summed E-state index contributed by atoms with van der Waals surface area (Å²) < 4.78 is 46.4. The third-order valence-corrected chi connectivity index (χ3v) is 3.00. The van der Waals surface area contributed by atoms with E-state index in [4.69, 9.17) is 9.47 Å². The van der Waals surface area contributed by atoms with Gasteiger partial charge in [-0.2, -0.15) is 13.2 Å². The van der Waals surface area contributed by atoms with Crippen LogP contribution >= 0.6 is 0 Å². The summed E-state index contributed by atoms with van der Waals surface area (Å²) in [6, 6.07) is 5.41. The molecule has 6 heteroatoms. The number of rotatable bonds is 7. The van der Waals surface area contributed by atoms with Gasteiger partial charge in [0.05, 0.1) is 14.2 Å². The van der Waals surface area contributed by atoms with E-state index in [2.05, 4.69) is 5.32 Å². The molecular weight excluding hydrogens is 271 g/mol. The molecule has 1 aromatic carbocycles. The van der Waals surface area contributed by atoms with Crippen molar-refractivity contribution < 1.29 is 22.6 Å². The molecule has 1 N–H and O–H groups in total. The summed E-state index contributed by atoms with van der Waals surface area (Å²) in [5.74, 6) is 1.23. The molecule has 0 amide bonds. The van der Waals surface area contributed by atoms with Gasteiger partial charge in [-0.15, -0.1) is 0 Å². The second-order valence-corrected chi connectivity index (χ2v) is 4.51. The number of hydrogen-bond donors (Lipinski definition) is 1. The Bertz CT molecular complexity index is 421. The smallest absolute Gasteiger partial charge is 0.389 e. The first kappa shape index (κ1) is 16.6. The normalized spacial score (nSPS) is 13.1. The van der Waals surface area contributed by atoms with E-state index in [0.717, 1.165) is 5.56 Å². The molecule has 1 rings (SSSR count). The molecule has 0 radical (unpaired) electrons. The van der Waals surface area contributed by atoms with Gasteiger partial charge >= 0.3 is 6.18 Å². The summed E-state index contributed by atoms with van der Waals surface area (Å²) >= 11 is 0. The summed E-state index contributed by atoms with van der Waals surface area (Å²) in [5.41, 5.74) is 0.939. The van der Waals surface area contributed by atoms with Gasteiger partial charge in [-0.05, 0) is 37.6 Å². The van der Waals surface area contributed by atoms with Gasteiger partial charge in [0.2, 0.25) is 0 Å². The monoisotopic (exact) mass is 291 g/mol. The fourth-order valence-electron chi connectivity index (χ4n) is 1.85. The number of ether oxygens (including phenoxy) is 2. The Morgan fingerprint density at radius 3 is 2.35 bits per heavy atom. The predicted molar refractivity (Wildman–Crippen MR) is 71.3 cm³/mol. The predicted octanol–water partition coefficient (Wildman–Crippen LogP) is 3.70. The molecule has 1 unspecified atom stereocenters. The highest BCUT2D eigenvalue weighted by molar-refractivity contribution is 5.43. The van der Waals surface area contributed by atoms with Crippen LogP contribution < -0.4 is 14.8 Å². The van der Waals surface area contributed by atoms with Crippen molar-refractivity contribution in [2.75, 3.05) is 20.8 Å². The molecule has 0 saturated carbocycles. The summed E-state index contributed by atoms with van der Waals surface area (Å²) in [4.78, 5) is 0. The lowest BCUT2D eigenvalue weighted by molar-refractivity contribution is -0.135. The molecule has 1 aromatic rings. The number of halogens is 3. The number of methoxy groups -OCH3 is 2. The van der Waals surface area contributed by atoms with Gasteiger partial charge < -0.3 is 14.8 Å². The average molecular weight is 291 g/mol. The fraction of sp³-hybridized carbons (Fsp3) is 0.571. The quantitative estimate of drug-likeness (QED) is 0.777. The Balaban J connectivity index is 2.53. The highest BCUT2D eigenvalue weighted by Gasteiger charge is 2.25. The van der Waals surface area contributed by atoms with E-state index in [9.17, 15) is 13.2 Å². The standard InChI is InChI=1S/C14H20F3NO2/c1-10(18-8-4-7-14(15,16)17)11-5-6-12(19-2)13(9-11)20-3/h5-6,9-10,18H,4,7-8H2,1-3H3. The second-order valence-electron chi connectivity index (χ2n) is 4.51. The van der Waals surface area contributed by atoms with E-state index in [-0.39, 0.29) is 12.5 Å². The first-order chi connectivity index (χ1) is 9.37. The van der Waals surface area contributed by atoms with Crippen LogP contribution in [0, 0.1) is 0 Å². The molecule has 0 saturated heterocycles. The van der Waals surface area contributed by atoms with Crippen molar-refractivity contribution in [2.45, 2.75) is 32.0 Å². The zero-order chi connectivity index (χ0) is 15.2. The molecule has 0 bridgehead atoms. The van der Waals surface area contributed by atoms with Crippen molar-refractivity contribution in [3.05, 3.63) is 23.8 Å². The SMILES string of the molecule is COc1ccc(C(C)NCCCC(F)(F)F)cc1OC. The highest BCUT2D eigenvalue weighted by atomic mass is 19.4. The van der Waals surface area contributed by atoms with Gasteiger partial charge in [0.1, 0.15) is 0 Å². The lowest BCUT2D eigenvalue weighted by Crippen LogP contribution is -2.21. The van der Waals surface area contributed by atoms with E-state index in [1.54, 1.807) is 20.3 Å². The van der Waals surface area contributed by atoms with Crippen LogP contribution in [0.1, 0.15) is 31.4 Å². The lowest BCUT2D eigenvalue weighted by atomic mass is 10.1. The van der Waals surface area contributed by atoms with Crippen LogP contribution in [0.5, 0.6) is 11.5 Å². The maximum absolute atomic E-state index is 12.0. The zero-order valence-corrected chi connectivity index (χ0v) is 11.9. The van der Waals surface area contributed by atoms with Crippen LogP contribution in [-0.4, -0.2) is 26.9 Å². The largest absolute Gasteiger partial charge is 0.493 e. The van der Waals surface area contributed by atoms with Crippen LogP contribution in [0.15, 0.2) is 18.2 Å². The highest BCUT2D eigenvalue weighted by Crippen LogP contribution is 2.30. The molecule has 0 spiro atoms. The Morgan fingerprint density at radius 2 is 1.80 bits per heavy atom. The Morgan fingerprint density at radius 1 is 1.15 bits per heavy atom. The van der Waals surface area contributed by atoms with E-state index >= 15 is 0 Å². The maximum Gasteiger partial charge on any atom is 0.389 e. The fourth-order valence-corrected chi connectivity index (χ4v) is 1.85. The van der Waals surface area contributed by atoms with Gasteiger partial charge in [-0.25, -0.2) is 0 Å². The van der Waals surface area contributed by atoms with Gasteiger partial charge in [0, 0.05) is 12.5 Å². The minimum absolute atomic E-state index is 0.0527. The molecule has 114 valence electrons. The van der Waals surface area contributed by atoms with E-state index in [1.165, 1.54) is 0 Å². The van der Waals surface area contributed by atoms with Crippen LogP contribution in [0.25, 0.3) is 0 Å². The molecule has 3 nitrogen and oxygen atoms in total. The lowest BCUT2D eigenvalue weighted by Gasteiger charge is -2.16. The third kappa shape index (κ3) is 5.28. The van der Waals surface area contributed by atoms with Crippen molar-refractivity contribution in [3.63, 3.8) is 0 Å². The van der Waals surface area contributed by atoms with Crippen molar-refractivity contribution in [2.24, 2.45) is 0 Å². The summed E-state index contributed by atoms with van der Waals surface area (Å²) in [6.45, 7) is 2.21. The minimum atomic E-state index is -4.09. The summed E-state index contributed by atoms with van der Waals surface area (Å²) in [5, 5.41) is 3.06. The zero-order valence-electron chi connectivity index (χ0n) is 11.9. The molecule has 20 heavy (non-hydrogen) atoms. The van der Waals surface area contributed by atoms with Crippen LogP contribution in [0.3, 0.4) is 0 Å². The topological polar surface area (TPSA) is 30.5 Å². The maximum atomic E-state index is 12.0. The second kappa shape index (κ2) is 7.38. The molecule has 1 atom stereocenters. The molecule has 0 aliphatic heterocycles. The molecule has 0 heterocycles. The van der Waals surface area contributed by atoms with E-state index in [0.29, 0.717) is 18.0 Å². The number of alkyl halides is 3.